The molecule has 3 aliphatic rings. The number of anilines is 1. The average Bonchev–Trinajstić information content (AvgIpc) is 3.23. The predicted octanol–water partition coefficient (Wildman–Crippen LogP) is 5.96. The molecule has 1 aromatic rings. The normalized spacial score (nSPS) is 37.8. The van der Waals surface area contributed by atoms with Crippen molar-refractivity contribution in [2.45, 2.75) is 107 Å². The molecule has 3 heterocycles. The fourth-order valence-corrected chi connectivity index (χ4v) is 13.4. The van der Waals surface area contributed by atoms with E-state index in [1.54, 1.807) is 11.4 Å². The number of ether oxygens (including phenoxy) is 1. The molecule has 0 spiro atoms. The Bertz CT molecular complexity index is 1180. The number of alkyl halides is 1. The van der Waals surface area contributed by atoms with Gasteiger partial charge in [0.15, 0.2) is 20.7 Å². The molecule has 0 unspecified atom stereocenters. The second kappa shape index (κ2) is 10.7. The molecule has 1 saturated carbocycles. The van der Waals surface area contributed by atoms with E-state index in [9.17, 15) is 4.79 Å². The maximum absolute atomic E-state index is 16.0. The van der Waals surface area contributed by atoms with Crippen LogP contribution in [-0.2, 0) is 30.0 Å². The minimum Gasteiger partial charge on any atom is -0.408 e. The van der Waals surface area contributed by atoms with Crippen LogP contribution in [0.3, 0.4) is 0 Å². The molecule has 1 aromatic heterocycles. The second-order valence-electron chi connectivity index (χ2n) is 12.5. The van der Waals surface area contributed by atoms with Crippen LogP contribution in [0, 0.1) is 5.92 Å². The molecule has 0 bridgehead atoms. The number of rotatable bonds is 7. The number of nitrogens with zero attached hydrogens (tertiary/aromatic N) is 2. The quantitative estimate of drug-likeness (QED) is 0.229. The SMILES string of the molecule is C=C(C)[C@@H]1CC[C@]2(C)S[P@@](=S)(OC[C@H]3O[C@@H](n4ccc(N)nc4=O)[C@H](F)[C@@H]3O[Si](C)(C)C(C)(C)C)O[C@H]2C1. The van der Waals surface area contributed by atoms with E-state index in [0.717, 1.165) is 23.8 Å². The molecule has 0 radical (unpaired) electrons. The molecule has 8 atom stereocenters. The number of allylic oxidation sites excluding steroid dienone is 1. The molecule has 214 valence electrons. The molecular weight excluding hydrogens is 564 g/mol. The molecule has 4 rings (SSSR count). The molecular formula is C25H41FN3O5PS2Si. The maximum atomic E-state index is 16.0. The Hall–Kier alpha value is -0.593. The summed E-state index contributed by atoms with van der Waals surface area (Å²) in [7, 11) is -2.40. The van der Waals surface area contributed by atoms with Crippen LogP contribution in [-0.4, -0.2) is 53.7 Å². The molecule has 0 aromatic carbocycles. The van der Waals surface area contributed by atoms with E-state index in [1.807, 2.05) is 0 Å². The number of fused-ring (bicyclic) bond motifs is 1. The molecule has 13 heteroatoms. The third-order valence-corrected chi connectivity index (χ3v) is 18.8. The van der Waals surface area contributed by atoms with Crippen LogP contribution in [0.25, 0.3) is 0 Å². The molecule has 1 aliphatic carbocycles. The summed E-state index contributed by atoms with van der Waals surface area (Å²) in [6.07, 6.45) is -0.270. The summed E-state index contributed by atoms with van der Waals surface area (Å²) in [4.78, 5) is 16.3. The second-order valence-corrected chi connectivity index (χ2v) is 23.8. The summed E-state index contributed by atoms with van der Waals surface area (Å²) < 4.78 is 42.4. The van der Waals surface area contributed by atoms with E-state index in [1.165, 1.54) is 17.8 Å². The summed E-state index contributed by atoms with van der Waals surface area (Å²) in [5, 5.41) is -0.156. The minimum absolute atomic E-state index is 0.00432. The van der Waals surface area contributed by atoms with Gasteiger partial charge in [0, 0.05) is 10.9 Å². The Morgan fingerprint density at radius 1 is 1.47 bits per heavy atom. The van der Waals surface area contributed by atoms with E-state index in [0.29, 0.717) is 5.92 Å². The lowest BCUT2D eigenvalue weighted by molar-refractivity contribution is -0.0439. The van der Waals surface area contributed by atoms with Gasteiger partial charge < -0.3 is 23.9 Å². The van der Waals surface area contributed by atoms with Crippen LogP contribution in [0.2, 0.25) is 18.1 Å². The third-order valence-electron chi connectivity index (χ3n) is 8.47. The lowest BCUT2D eigenvalue weighted by atomic mass is 9.77. The number of nitrogens with two attached hydrogens (primary N) is 1. The van der Waals surface area contributed by atoms with Gasteiger partial charge in [0.05, 0.1) is 12.7 Å². The van der Waals surface area contributed by atoms with Crippen molar-refractivity contribution >= 4 is 43.0 Å². The first kappa shape index (κ1) is 30.4. The van der Waals surface area contributed by atoms with Crippen molar-refractivity contribution in [2.24, 2.45) is 5.92 Å². The van der Waals surface area contributed by atoms with Gasteiger partial charge in [-0.2, -0.15) is 4.98 Å². The molecule has 0 amide bonds. The Morgan fingerprint density at radius 2 is 2.16 bits per heavy atom. The highest BCUT2D eigenvalue weighted by atomic mass is 32.9. The van der Waals surface area contributed by atoms with Crippen LogP contribution in [0.4, 0.5) is 10.2 Å². The smallest absolute Gasteiger partial charge is 0.351 e. The van der Waals surface area contributed by atoms with Crippen molar-refractivity contribution in [1.29, 1.82) is 0 Å². The van der Waals surface area contributed by atoms with Gasteiger partial charge in [-0.1, -0.05) is 44.3 Å². The standard InChI is InChI=1S/C25H41FN3O5PS2Si/c1-15(2)16-9-11-25(6)18(13-16)33-35(36,37-25)31-14-17-21(34-38(7,8)24(3,4)5)20(26)22(32-17)29-12-10-19(27)28-23(29)30/h10,12,16-18,20-22H,1,9,11,13-14H2,2-8H3,(H2,27,28,30)/t16-,17-,18+,20-,21-,22-,25+,35+/m1/s1. The summed E-state index contributed by atoms with van der Waals surface area (Å²) in [6, 6.07) is 1.44. The van der Waals surface area contributed by atoms with E-state index in [2.05, 4.69) is 59.3 Å². The molecule has 2 saturated heterocycles. The lowest BCUT2D eigenvalue weighted by Crippen LogP contribution is -2.49. The monoisotopic (exact) mass is 605 g/mol. The topological polar surface area (TPSA) is 97.8 Å². The minimum atomic E-state index is -2.71. The van der Waals surface area contributed by atoms with Gasteiger partial charge in [-0.15, -0.1) is 0 Å². The van der Waals surface area contributed by atoms with Crippen molar-refractivity contribution < 1.29 is 22.6 Å². The number of hydrogen-bond donors (Lipinski definition) is 1. The number of aromatic nitrogens is 2. The highest BCUT2D eigenvalue weighted by Gasteiger charge is 2.55. The van der Waals surface area contributed by atoms with Gasteiger partial charge in [-0.05, 0) is 75.0 Å². The van der Waals surface area contributed by atoms with E-state index < -0.39 is 44.3 Å². The van der Waals surface area contributed by atoms with Gasteiger partial charge in [0.25, 0.3) is 0 Å². The van der Waals surface area contributed by atoms with Gasteiger partial charge in [-0.25, -0.2) is 9.18 Å². The Morgan fingerprint density at radius 3 is 2.76 bits per heavy atom. The number of nitrogen functional groups attached to an aromatic ring is 1. The molecule has 38 heavy (non-hydrogen) atoms. The first-order valence-corrected chi connectivity index (χ1v) is 20.0. The van der Waals surface area contributed by atoms with E-state index >= 15 is 4.39 Å². The largest absolute Gasteiger partial charge is 0.408 e. The summed E-state index contributed by atoms with van der Waals surface area (Å²) in [6.45, 7) is 18.8. The van der Waals surface area contributed by atoms with Gasteiger partial charge in [0.2, 0.25) is 5.69 Å². The molecule has 8 nitrogen and oxygen atoms in total. The first-order valence-electron chi connectivity index (χ1n) is 13.1. The van der Waals surface area contributed by atoms with Crippen LogP contribution in [0.5, 0.6) is 0 Å². The van der Waals surface area contributed by atoms with Crippen molar-refractivity contribution in [3.63, 3.8) is 0 Å². The Kier molecular flexibility index (Phi) is 8.53. The zero-order chi connectivity index (χ0) is 28.3. The van der Waals surface area contributed by atoms with Crippen LogP contribution in [0.1, 0.15) is 60.1 Å². The number of hydrogen-bond acceptors (Lipinski definition) is 9. The number of halogens is 1. The van der Waals surface area contributed by atoms with Crippen molar-refractivity contribution in [3.05, 3.63) is 34.9 Å². The predicted molar refractivity (Wildman–Crippen MR) is 157 cm³/mol. The average molecular weight is 606 g/mol. The van der Waals surface area contributed by atoms with Crippen LogP contribution in [0.15, 0.2) is 29.2 Å². The third kappa shape index (κ3) is 6.03. The first-order chi connectivity index (χ1) is 17.4. The molecule has 3 fully saturated rings. The zero-order valence-corrected chi connectivity index (χ0v) is 26.8. The highest BCUT2D eigenvalue weighted by molar-refractivity contribution is 8.68. The maximum Gasteiger partial charge on any atom is 0.351 e. The van der Waals surface area contributed by atoms with E-state index in [-0.39, 0.29) is 28.3 Å². The van der Waals surface area contributed by atoms with Gasteiger partial charge in [0.1, 0.15) is 18.0 Å². The summed E-state index contributed by atoms with van der Waals surface area (Å²) in [5.74, 6) is 0.473. The van der Waals surface area contributed by atoms with Crippen molar-refractivity contribution in [3.8, 4) is 0 Å². The van der Waals surface area contributed by atoms with Gasteiger partial charge in [-0.3, -0.25) is 4.57 Å². The molecule has 2 N–H and O–H groups in total. The fourth-order valence-electron chi connectivity index (χ4n) is 4.94. The van der Waals surface area contributed by atoms with Gasteiger partial charge >= 0.3 is 5.69 Å². The van der Waals surface area contributed by atoms with E-state index in [4.69, 9.17) is 35.8 Å². The zero-order valence-electron chi connectivity index (χ0n) is 23.3. The summed E-state index contributed by atoms with van der Waals surface area (Å²) >= 11 is 7.54. The Balaban J connectivity index is 1.55. The fraction of sp³-hybridized carbons (Fsp3) is 0.760. The summed E-state index contributed by atoms with van der Waals surface area (Å²) in [5.41, 5.74) is 3.41. The van der Waals surface area contributed by atoms with Crippen LogP contribution >= 0.6 is 17.1 Å². The lowest BCUT2D eigenvalue weighted by Gasteiger charge is -2.39. The van der Waals surface area contributed by atoms with Crippen molar-refractivity contribution in [1.82, 2.24) is 9.55 Å². The highest BCUT2D eigenvalue weighted by Crippen LogP contribution is 2.75. The Labute approximate surface area is 235 Å². The van der Waals surface area contributed by atoms with Crippen LogP contribution < -0.4 is 11.4 Å². The molecule has 2 aliphatic heterocycles. The van der Waals surface area contributed by atoms with Crippen molar-refractivity contribution in [2.75, 3.05) is 12.3 Å².